The Kier molecular flexibility index (Phi) is 3.74. The van der Waals surface area contributed by atoms with Crippen LogP contribution in [-0.2, 0) is 4.74 Å². The molecule has 4 heteroatoms. The van der Waals surface area contributed by atoms with Gasteiger partial charge in [0.1, 0.15) is 6.10 Å². The van der Waals surface area contributed by atoms with E-state index < -0.39 is 12.5 Å². The fourth-order valence-electron chi connectivity index (χ4n) is 1.86. The molecule has 0 spiro atoms. The summed E-state index contributed by atoms with van der Waals surface area (Å²) in [5.41, 5.74) is 1.15. The number of hydrogen-bond acceptors (Lipinski definition) is 2. The van der Waals surface area contributed by atoms with E-state index in [1.807, 2.05) is 0 Å². The molecule has 0 saturated carbocycles. The molecule has 1 unspecified atom stereocenters. The van der Waals surface area contributed by atoms with Crippen LogP contribution in [0.5, 0.6) is 0 Å². The number of halogens is 2. The molecule has 1 aliphatic heterocycles. The second-order valence-electron chi connectivity index (χ2n) is 4.04. The SMILES string of the molecule is OC(C1=COCCC1)c1cccc(C(F)F)c1. The maximum Gasteiger partial charge on any atom is 0.263 e. The van der Waals surface area contributed by atoms with Gasteiger partial charge in [0.05, 0.1) is 12.9 Å². The van der Waals surface area contributed by atoms with Gasteiger partial charge in [-0.15, -0.1) is 0 Å². The van der Waals surface area contributed by atoms with E-state index in [0.29, 0.717) is 12.2 Å². The van der Waals surface area contributed by atoms with Crippen LogP contribution in [0.3, 0.4) is 0 Å². The van der Waals surface area contributed by atoms with Crippen LogP contribution < -0.4 is 0 Å². The fraction of sp³-hybridized carbons (Fsp3) is 0.385. The average molecular weight is 240 g/mol. The first-order valence-corrected chi connectivity index (χ1v) is 5.55. The lowest BCUT2D eigenvalue weighted by molar-refractivity contribution is 0.150. The van der Waals surface area contributed by atoms with Crippen LogP contribution in [0.25, 0.3) is 0 Å². The predicted molar refractivity (Wildman–Crippen MR) is 59.6 cm³/mol. The minimum Gasteiger partial charge on any atom is -0.501 e. The lowest BCUT2D eigenvalue weighted by atomic mass is 9.97. The largest absolute Gasteiger partial charge is 0.501 e. The fourth-order valence-corrected chi connectivity index (χ4v) is 1.86. The van der Waals surface area contributed by atoms with Crippen LogP contribution in [0.4, 0.5) is 8.78 Å². The highest BCUT2D eigenvalue weighted by Gasteiger charge is 2.17. The second kappa shape index (κ2) is 5.27. The zero-order valence-corrected chi connectivity index (χ0v) is 9.27. The maximum atomic E-state index is 12.5. The number of rotatable bonds is 3. The molecule has 1 atom stereocenters. The third-order valence-electron chi connectivity index (χ3n) is 2.79. The minimum absolute atomic E-state index is 0.0705. The van der Waals surface area contributed by atoms with Crippen LogP contribution in [0.2, 0.25) is 0 Å². The first-order chi connectivity index (χ1) is 8.18. The molecule has 0 amide bonds. The van der Waals surface area contributed by atoms with Gasteiger partial charge in [0, 0.05) is 5.56 Å². The summed E-state index contributed by atoms with van der Waals surface area (Å²) in [6.45, 7) is 0.646. The van der Waals surface area contributed by atoms with Crippen molar-refractivity contribution in [2.45, 2.75) is 25.4 Å². The van der Waals surface area contributed by atoms with Gasteiger partial charge in [-0.1, -0.05) is 18.2 Å². The zero-order valence-electron chi connectivity index (χ0n) is 9.27. The molecule has 1 N–H and O–H groups in total. The van der Waals surface area contributed by atoms with E-state index in [0.717, 1.165) is 18.4 Å². The predicted octanol–water partition coefficient (Wildman–Crippen LogP) is 3.35. The Morgan fingerprint density at radius 2 is 2.00 bits per heavy atom. The number of hydrogen-bond donors (Lipinski definition) is 1. The monoisotopic (exact) mass is 240 g/mol. The third kappa shape index (κ3) is 2.82. The molecule has 0 saturated heterocycles. The number of benzene rings is 1. The summed E-state index contributed by atoms with van der Waals surface area (Å²) in [5, 5.41) is 10.1. The lowest BCUT2D eigenvalue weighted by Gasteiger charge is -2.19. The summed E-state index contributed by atoms with van der Waals surface area (Å²) in [4.78, 5) is 0. The van der Waals surface area contributed by atoms with Crippen molar-refractivity contribution in [2.75, 3.05) is 6.61 Å². The Bertz CT molecular complexity index is 416. The van der Waals surface area contributed by atoms with E-state index in [1.54, 1.807) is 6.07 Å². The van der Waals surface area contributed by atoms with Gasteiger partial charge >= 0.3 is 0 Å². The molecule has 1 heterocycles. The molecule has 0 aromatic heterocycles. The van der Waals surface area contributed by atoms with E-state index >= 15 is 0 Å². The van der Waals surface area contributed by atoms with Crippen molar-refractivity contribution in [1.82, 2.24) is 0 Å². The van der Waals surface area contributed by atoms with Crippen molar-refractivity contribution in [2.24, 2.45) is 0 Å². The van der Waals surface area contributed by atoms with E-state index in [-0.39, 0.29) is 5.56 Å². The highest BCUT2D eigenvalue weighted by molar-refractivity contribution is 5.30. The Labute approximate surface area is 98.5 Å². The number of aliphatic hydroxyl groups excluding tert-OH is 1. The topological polar surface area (TPSA) is 29.5 Å². The molecule has 1 aromatic carbocycles. The normalized spacial score (nSPS) is 17.5. The summed E-state index contributed by atoms with van der Waals surface area (Å²) in [5.74, 6) is 0. The third-order valence-corrected chi connectivity index (χ3v) is 2.79. The van der Waals surface area contributed by atoms with Gasteiger partial charge in [-0.2, -0.15) is 0 Å². The van der Waals surface area contributed by atoms with Crippen molar-refractivity contribution >= 4 is 0 Å². The molecule has 0 radical (unpaired) electrons. The molecule has 0 bridgehead atoms. The Balaban J connectivity index is 2.21. The second-order valence-corrected chi connectivity index (χ2v) is 4.04. The quantitative estimate of drug-likeness (QED) is 0.877. The molecular weight excluding hydrogens is 226 g/mol. The molecule has 92 valence electrons. The van der Waals surface area contributed by atoms with Crippen LogP contribution in [-0.4, -0.2) is 11.7 Å². The molecule has 17 heavy (non-hydrogen) atoms. The molecule has 2 rings (SSSR count). The van der Waals surface area contributed by atoms with Gasteiger partial charge in [-0.3, -0.25) is 0 Å². The Hall–Kier alpha value is -1.42. The minimum atomic E-state index is -2.52. The molecule has 0 fully saturated rings. The van der Waals surface area contributed by atoms with Crippen molar-refractivity contribution < 1.29 is 18.6 Å². The number of alkyl halides is 2. The summed E-state index contributed by atoms with van der Waals surface area (Å²) in [6, 6.07) is 5.87. The number of aliphatic hydroxyl groups is 1. The first-order valence-electron chi connectivity index (χ1n) is 5.55. The highest BCUT2D eigenvalue weighted by Crippen LogP contribution is 2.29. The number of ether oxygens (including phenoxy) is 1. The van der Waals surface area contributed by atoms with Gasteiger partial charge in [-0.05, 0) is 30.0 Å². The summed E-state index contributed by atoms with van der Waals surface area (Å²) in [6.07, 6.45) is -0.256. The smallest absolute Gasteiger partial charge is 0.263 e. The summed E-state index contributed by atoms with van der Waals surface area (Å²) >= 11 is 0. The highest BCUT2D eigenvalue weighted by atomic mass is 19.3. The summed E-state index contributed by atoms with van der Waals surface area (Å²) < 4.78 is 30.2. The van der Waals surface area contributed by atoms with E-state index in [9.17, 15) is 13.9 Å². The van der Waals surface area contributed by atoms with Crippen molar-refractivity contribution in [1.29, 1.82) is 0 Å². The molecule has 2 nitrogen and oxygen atoms in total. The average Bonchev–Trinajstić information content (AvgIpc) is 2.39. The van der Waals surface area contributed by atoms with E-state index in [2.05, 4.69) is 0 Å². The van der Waals surface area contributed by atoms with Crippen LogP contribution in [0.15, 0.2) is 36.1 Å². The molecular formula is C13H14F2O2. The zero-order chi connectivity index (χ0) is 12.3. The van der Waals surface area contributed by atoms with E-state index in [1.165, 1.54) is 24.5 Å². The van der Waals surface area contributed by atoms with E-state index in [4.69, 9.17) is 4.74 Å². The van der Waals surface area contributed by atoms with Gasteiger partial charge in [0.25, 0.3) is 6.43 Å². The standard InChI is InChI=1S/C13H14F2O2/c14-13(15)10-4-1-3-9(7-10)12(16)11-5-2-6-17-8-11/h1,3-4,7-8,12-13,16H,2,5-6H2. The van der Waals surface area contributed by atoms with Gasteiger partial charge in [0.2, 0.25) is 0 Å². The van der Waals surface area contributed by atoms with Crippen molar-refractivity contribution in [3.05, 3.63) is 47.2 Å². The summed E-state index contributed by atoms with van der Waals surface area (Å²) in [7, 11) is 0. The van der Waals surface area contributed by atoms with Crippen LogP contribution in [0.1, 0.15) is 36.5 Å². The van der Waals surface area contributed by atoms with Gasteiger partial charge in [0.15, 0.2) is 0 Å². The van der Waals surface area contributed by atoms with Crippen LogP contribution in [0, 0.1) is 0 Å². The Morgan fingerprint density at radius 3 is 2.65 bits per heavy atom. The van der Waals surface area contributed by atoms with Gasteiger partial charge in [-0.25, -0.2) is 8.78 Å². The molecule has 1 aromatic rings. The first kappa shape index (κ1) is 12.0. The Morgan fingerprint density at radius 1 is 1.24 bits per heavy atom. The molecule has 0 aliphatic carbocycles. The maximum absolute atomic E-state index is 12.5. The van der Waals surface area contributed by atoms with Crippen LogP contribution >= 0.6 is 0 Å². The lowest BCUT2D eigenvalue weighted by Crippen LogP contribution is -2.08. The van der Waals surface area contributed by atoms with Crippen molar-refractivity contribution in [3.63, 3.8) is 0 Å². The van der Waals surface area contributed by atoms with Crippen molar-refractivity contribution in [3.8, 4) is 0 Å². The van der Waals surface area contributed by atoms with Gasteiger partial charge < -0.3 is 9.84 Å². The molecule has 1 aliphatic rings.